The second-order valence-electron chi connectivity index (χ2n) is 3.38. The SMILES string of the molecule is Cn1nc2c([N+](=O)[O-])cc([N+](=O)[O-])cc2c1N. The van der Waals surface area contributed by atoms with E-state index in [2.05, 4.69) is 5.10 Å². The van der Waals surface area contributed by atoms with E-state index < -0.39 is 15.5 Å². The van der Waals surface area contributed by atoms with Gasteiger partial charge in [0, 0.05) is 13.1 Å². The molecule has 1 heterocycles. The number of nitro benzene ring substituents is 2. The van der Waals surface area contributed by atoms with Crippen molar-refractivity contribution in [3.8, 4) is 0 Å². The molecule has 0 aliphatic rings. The predicted molar refractivity (Wildman–Crippen MR) is 58.4 cm³/mol. The van der Waals surface area contributed by atoms with Gasteiger partial charge >= 0.3 is 5.69 Å². The maximum atomic E-state index is 10.8. The fraction of sp³-hybridized carbons (Fsp3) is 0.125. The van der Waals surface area contributed by atoms with Crippen LogP contribution in [-0.4, -0.2) is 19.6 Å². The number of nitrogens with zero attached hydrogens (tertiary/aromatic N) is 4. The van der Waals surface area contributed by atoms with E-state index in [-0.39, 0.29) is 22.4 Å². The monoisotopic (exact) mass is 237 g/mol. The zero-order valence-electron chi connectivity index (χ0n) is 8.65. The van der Waals surface area contributed by atoms with Crippen LogP contribution in [0.15, 0.2) is 12.1 Å². The number of nitro groups is 2. The predicted octanol–water partition coefficient (Wildman–Crippen LogP) is 0.972. The lowest BCUT2D eigenvalue weighted by Gasteiger charge is -1.95. The Morgan fingerprint density at radius 3 is 2.47 bits per heavy atom. The minimum absolute atomic E-state index is 0.0422. The van der Waals surface area contributed by atoms with E-state index in [9.17, 15) is 20.2 Å². The molecule has 2 N–H and O–H groups in total. The van der Waals surface area contributed by atoms with E-state index in [1.165, 1.54) is 17.8 Å². The fourth-order valence-corrected chi connectivity index (χ4v) is 1.53. The van der Waals surface area contributed by atoms with Gasteiger partial charge in [0.2, 0.25) is 0 Å². The zero-order valence-corrected chi connectivity index (χ0v) is 8.65. The summed E-state index contributed by atoms with van der Waals surface area (Å²) in [5.41, 5.74) is 4.86. The summed E-state index contributed by atoms with van der Waals surface area (Å²) in [6.45, 7) is 0. The molecule has 0 unspecified atom stereocenters. The summed E-state index contributed by atoms with van der Waals surface area (Å²) in [5, 5.41) is 25.5. The van der Waals surface area contributed by atoms with Gasteiger partial charge in [-0.05, 0) is 0 Å². The van der Waals surface area contributed by atoms with Crippen LogP contribution in [-0.2, 0) is 7.05 Å². The Kier molecular flexibility index (Phi) is 2.16. The van der Waals surface area contributed by atoms with Crippen LogP contribution in [0, 0.1) is 20.2 Å². The molecule has 0 aliphatic heterocycles. The number of nitrogens with two attached hydrogens (primary N) is 1. The number of fused-ring (bicyclic) bond motifs is 1. The van der Waals surface area contributed by atoms with E-state index in [0.29, 0.717) is 0 Å². The molecule has 0 aliphatic carbocycles. The third kappa shape index (κ3) is 1.53. The molecule has 0 fully saturated rings. The molecule has 0 spiro atoms. The van der Waals surface area contributed by atoms with Crippen molar-refractivity contribution in [1.82, 2.24) is 9.78 Å². The van der Waals surface area contributed by atoms with Gasteiger partial charge in [-0.1, -0.05) is 0 Å². The summed E-state index contributed by atoms with van der Waals surface area (Å²) in [7, 11) is 1.50. The molecule has 17 heavy (non-hydrogen) atoms. The molecular weight excluding hydrogens is 230 g/mol. The van der Waals surface area contributed by atoms with Gasteiger partial charge in [0.15, 0.2) is 5.52 Å². The van der Waals surface area contributed by atoms with Crippen LogP contribution in [0.3, 0.4) is 0 Å². The number of rotatable bonds is 2. The first-order valence-corrected chi connectivity index (χ1v) is 4.47. The highest BCUT2D eigenvalue weighted by Gasteiger charge is 2.23. The van der Waals surface area contributed by atoms with Crippen molar-refractivity contribution < 1.29 is 9.85 Å². The number of aromatic nitrogens is 2. The molecule has 0 saturated carbocycles. The Balaban J connectivity index is 2.91. The van der Waals surface area contributed by atoms with E-state index in [1.54, 1.807) is 0 Å². The van der Waals surface area contributed by atoms with Crippen LogP contribution < -0.4 is 5.73 Å². The van der Waals surface area contributed by atoms with E-state index >= 15 is 0 Å². The Morgan fingerprint density at radius 2 is 1.94 bits per heavy atom. The second kappa shape index (κ2) is 3.40. The lowest BCUT2D eigenvalue weighted by Crippen LogP contribution is -1.96. The summed E-state index contributed by atoms with van der Waals surface area (Å²) in [5.74, 6) is 0.145. The number of benzene rings is 1. The van der Waals surface area contributed by atoms with Crippen LogP contribution in [0.2, 0.25) is 0 Å². The zero-order chi connectivity index (χ0) is 12.7. The van der Waals surface area contributed by atoms with Crippen molar-refractivity contribution in [3.63, 3.8) is 0 Å². The van der Waals surface area contributed by atoms with E-state index in [0.717, 1.165) is 6.07 Å². The van der Waals surface area contributed by atoms with Gasteiger partial charge in [-0.15, -0.1) is 0 Å². The lowest BCUT2D eigenvalue weighted by atomic mass is 10.2. The van der Waals surface area contributed by atoms with Crippen molar-refractivity contribution in [2.75, 3.05) is 5.73 Å². The summed E-state index contributed by atoms with van der Waals surface area (Å²) in [6, 6.07) is 2.04. The van der Waals surface area contributed by atoms with Crippen LogP contribution >= 0.6 is 0 Å². The highest BCUT2D eigenvalue weighted by atomic mass is 16.6. The van der Waals surface area contributed by atoms with Crippen LogP contribution in [0.25, 0.3) is 10.9 Å². The van der Waals surface area contributed by atoms with Gasteiger partial charge in [-0.2, -0.15) is 5.10 Å². The minimum atomic E-state index is -0.720. The Bertz CT molecular complexity index is 647. The first kappa shape index (κ1) is 10.8. The average Bonchev–Trinajstić information content (AvgIpc) is 2.54. The standard InChI is InChI=1S/C8H7N5O4/c1-11-8(9)5-2-4(12(14)15)3-6(13(16)17)7(5)10-11/h2-3H,9H2,1H3. The smallest absolute Gasteiger partial charge is 0.304 e. The molecule has 0 amide bonds. The van der Waals surface area contributed by atoms with Crippen molar-refractivity contribution in [3.05, 3.63) is 32.4 Å². The van der Waals surface area contributed by atoms with Gasteiger partial charge in [-0.3, -0.25) is 24.9 Å². The number of non-ortho nitro benzene ring substituents is 2. The molecular formula is C8H7N5O4. The number of hydrogen-bond donors (Lipinski definition) is 1. The normalized spacial score (nSPS) is 10.6. The molecule has 9 heteroatoms. The van der Waals surface area contributed by atoms with Gasteiger partial charge in [0.1, 0.15) is 5.82 Å². The maximum Gasteiger partial charge on any atom is 0.304 e. The van der Waals surface area contributed by atoms with Crippen molar-refractivity contribution in [1.29, 1.82) is 0 Å². The van der Waals surface area contributed by atoms with Gasteiger partial charge < -0.3 is 5.73 Å². The molecule has 9 nitrogen and oxygen atoms in total. The Labute approximate surface area is 93.7 Å². The van der Waals surface area contributed by atoms with Gasteiger partial charge in [-0.25, -0.2) is 0 Å². The summed E-state index contributed by atoms with van der Waals surface area (Å²) < 4.78 is 1.24. The average molecular weight is 237 g/mol. The van der Waals surface area contributed by atoms with Crippen molar-refractivity contribution in [2.45, 2.75) is 0 Å². The third-order valence-corrected chi connectivity index (χ3v) is 2.36. The molecule has 2 rings (SSSR count). The molecule has 88 valence electrons. The first-order chi connectivity index (χ1) is 7.91. The number of aryl methyl sites for hydroxylation is 1. The third-order valence-electron chi connectivity index (χ3n) is 2.36. The number of nitrogen functional groups attached to an aromatic ring is 1. The highest BCUT2D eigenvalue weighted by molar-refractivity contribution is 5.96. The van der Waals surface area contributed by atoms with Crippen LogP contribution in [0.4, 0.5) is 17.2 Å². The van der Waals surface area contributed by atoms with E-state index in [1.807, 2.05) is 0 Å². The van der Waals surface area contributed by atoms with Crippen molar-refractivity contribution in [2.24, 2.45) is 7.05 Å². The topological polar surface area (TPSA) is 130 Å². The Hall–Kier alpha value is -2.71. The molecule has 2 aromatic rings. The molecule has 0 atom stereocenters. The quantitative estimate of drug-likeness (QED) is 0.611. The second-order valence-corrected chi connectivity index (χ2v) is 3.38. The van der Waals surface area contributed by atoms with E-state index in [4.69, 9.17) is 5.73 Å². The largest absolute Gasteiger partial charge is 0.383 e. The maximum absolute atomic E-state index is 10.8. The molecule has 0 radical (unpaired) electrons. The van der Waals surface area contributed by atoms with Crippen LogP contribution in [0.5, 0.6) is 0 Å². The summed E-state index contributed by atoms with van der Waals surface area (Å²) in [4.78, 5) is 20.0. The molecule has 0 saturated heterocycles. The number of anilines is 1. The highest BCUT2D eigenvalue weighted by Crippen LogP contribution is 2.32. The molecule has 1 aromatic carbocycles. The van der Waals surface area contributed by atoms with Crippen LogP contribution in [0.1, 0.15) is 0 Å². The molecule has 0 bridgehead atoms. The molecule has 1 aromatic heterocycles. The fourth-order valence-electron chi connectivity index (χ4n) is 1.53. The minimum Gasteiger partial charge on any atom is -0.383 e. The Morgan fingerprint density at radius 1 is 1.29 bits per heavy atom. The first-order valence-electron chi connectivity index (χ1n) is 4.47. The lowest BCUT2D eigenvalue weighted by molar-refractivity contribution is -0.393. The summed E-state index contributed by atoms with van der Waals surface area (Å²) >= 11 is 0. The van der Waals surface area contributed by atoms with Gasteiger partial charge in [0.05, 0.1) is 21.3 Å². The number of hydrogen-bond acceptors (Lipinski definition) is 6. The summed E-state index contributed by atoms with van der Waals surface area (Å²) in [6.07, 6.45) is 0. The van der Waals surface area contributed by atoms with Crippen molar-refractivity contribution >= 4 is 28.1 Å². The van der Waals surface area contributed by atoms with Gasteiger partial charge in [0.25, 0.3) is 5.69 Å².